The lowest BCUT2D eigenvalue weighted by atomic mass is 9.97. The monoisotopic (exact) mass is 330 g/mol. The summed E-state index contributed by atoms with van der Waals surface area (Å²) < 4.78 is 15.6. The number of rotatable bonds is 3. The summed E-state index contributed by atoms with van der Waals surface area (Å²) in [6.07, 6.45) is 0. The molecular formula is C22H17FNO. The number of fused-ring (bicyclic) bond motifs is 3. The average molecular weight is 330 g/mol. The number of hydrogen-bond acceptors (Lipinski definition) is 1. The van der Waals surface area contributed by atoms with Gasteiger partial charge in [0.15, 0.2) is 5.78 Å². The second kappa shape index (κ2) is 5.85. The second-order valence-electron chi connectivity index (χ2n) is 6.21. The van der Waals surface area contributed by atoms with E-state index in [0.29, 0.717) is 16.7 Å². The van der Waals surface area contributed by atoms with E-state index in [4.69, 9.17) is 0 Å². The van der Waals surface area contributed by atoms with Gasteiger partial charge in [-0.05, 0) is 74.0 Å². The molecule has 0 atom stereocenters. The van der Waals surface area contributed by atoms with E-state index in [2.05, 4.69) is 17.6 Å². The van der Waals surface area contributed by atoms with Gasteiger partial charge in [-0.2, -0.15) is 0 Å². The fourth-order valence-corrected chi connectivity index (χ4v) is 3.51. The van der Waals surface area contributed by atoms with Crippen LogP contribution >= 0.6 is 0 Å². The van der Waals surface area contributed by atoms with Crippen molar-refractivity contribution in [3.63, 3.8) is 0 Å². The molecular weight excluding hydrogens is 313 g/mol. The van der Waals surface area contributed by atoms with Crippen LogP contribution in [-0.2, 0) is 6.54 Å². The summed E-state index contributed by atoms with van der Waals surface area (Å²) in [6, 6.07) is 19.1. The third-order valence-corrected chi connectivity index (χ3v) is 4.72. The zero-order chi connectivity index (χ0) is 17.6. The molecule has 3 heteroatoms. The molecule has 0 N–H and O–H groups in total. The summed E-state index contributed by atoms with van der Waals surface area (Å²) >= 11 is 0. The Bertz CT molecular complexity index is 1120. The number of nitrogens with zero attached hydrogens (tertiary/aromatic N) is 1. The number of halogens is 1. The zero-order valence-electron chi connectivity index (χ0n) is 14.1. The van der Waals surface area contributed by atoms with Crippen molar-refractivity contribution in [1.29, 1.82) is 0 Å². The molecule has 0 amide bonds. The number of aryl methyl sites for hydroxylation is 2. The van der Waals surface area contributed by atoms with Gasteiger partial charge in [0.2, 0.25) is 0 Å². The highest BCUT2D eigenvalue weighted by molar-refractivity contribution is 6.15. The van der Waals surface area contributed by atoms with Crippen LogP contribution in [0.2, 0.25) is 0 Å². The Balaban J connectivity index is 1.92. The predicted molar refractivity (Wildman–Crippen MR) is 98.5 cm³/mol. The fraction of sp³-hybridized carbons (Fsp3) is 0.136. The molecule has 0 saturated carbocycles. The lowest BCUT2D eigenvalue weighted by Gasteiger charge is -2.06. The van der Waals surface area contributed by atoms with Crippen molar-refractivity contribution in [1.82, 2.24) is 4.57 Å². The van der Waals surface area contributed by atoms with E-state index in [1.165, 1.54) is 12.1 Å². The molecule has 0 aliphatic rings. The quantitative estimate of drug-likeness (QED) is 0.468. The molecule has 0 bridgehead atoms. The van der Waals surface area contributed by atoms with Crippen molar-refractivity contribution in [3.8, 4) is 0 Å². The summed E-state index contributed by atoms with van der Waals surface area (Å²) in [4.78, 5) is 12.9. The van der Waals surface area contributed by atoms with Gasteiger partial charge in [0.05, 0.1) is 0 Å². The first-order chi connectivity index (χ1) is 12.1. The Morgan fingerprint density at radius 1 is 1.08 bits per heavy atom. The van der Waals surface area contributed by atoms with E-state index in [0.717, 1.165) is 28.4 Å². The molecule has 0 unspecified atom stereocenters. The number of benzene rings is 3. The summed E-state index contributed by atoms with van der Waals surface area (Å²) in [5.74, 6) is -0.414. The Morgan fingerprint density at radius 2 is 1.88 bits per heavy atom. The van der Waals surface area contributed by atoms with Gasteiger partial charge in [-0.3, -0.25) is 4.79 Å². The SMILES string of the molecule is CCn1c2cc[c]cc2c2cc(C(=O)c3ccc(F)cc3C)ccc21. The van der Waals surface area contributed by atoms with E-state index >= 15 is 0 Å². The van der Waals surface area contributed by atoms with Crippen LogP contribution in [0.3, 0.4) is 0 Å². The van der Waals surface area contributed by atoms with Gasteiger partial charge < -0.3 is 4.57 Å². The van der Waals surface area contributed by atoms with Crippen LogP contribution in [0.4, 0.5) is 4.39 Å². The first-order valence-electron chi connectivity index (χ1n) is 8.33. The van der Waals surface area contributed by atoms with E-state index in [1.54, 1.807) is 13.0 Å². The molecule has 1 aromatic heterocycles. The van der Waals surface area contributed by atoms with Gasteiger partial charge >= 0.3 is 0 Å². The van der Waals surface area contributed by atoms with Crippen LogP contribution in [0.15, 0.2) is 54.6 Å². The van der Waals surface area contributed by atoms with Gasteiger partial charge in [0.1, 0.15) is 5.82 Å². The normalized spacial score (nSPS) is 11.3. The summed E-state index contributed by atoms with van der Waals surface area (Å²) in [5.41, 5.74) is 4.03. The predicted octanol–water partition coefficient (Wildman–Crippen LogP) is 5.29. The van der Waals surface area contributed by atoms with Gasteiger partial charge in [0, 0.05) is 39.5 Å². The third-order valence-electron chi connectivity index (χ3n) is 4.72. The standard InChI is InChI=1S/C22H17FNO/c1-3-24-20-7-5-4-6-18(20)19-13-15(8-11-21(19)24)22(25)17-10-9-16(23)12-14(17)2/h5-13H,3H2,1-2H3. The van der Waals surface area contributed by atoms with Crippen molar-refractivity contribution in [2.24, 2.45) is 0 Å². The molecule has 0 aliphatic carbocycles. The maximum Gasteiger partial charge on any atom is 0.193 e. The van der Waals surface area contributed by atoms with Crippen molar-refractivity contribution in [2.75, 3.05) is 0 Å². The summed E-state index contributed by atoms with van der Waals surface area (Å²) in [6.45, 7) is 4.72. The maximum atomic E-state index is 13.3. The van der Waals surface area contributed by atoms with Crippen LogP contribution in [0.5, 0.6) is 0 Å². The minimum atomic E-state index is -0.328. The highest BCUT2D eigenvalue weighted by atomic mass is 19.1. The van der Waals surface area contributed by atoms with Gasteiger partial charge in [0.25, 0.3) is 0 Å². The van der Waals surface area contributed by atoms with Crippen molar-refractivity contribution >= 4 is 27.6 Å². The lowest BCUT2D eigenvalue weighted by molar-refractivity contribution is 0.103. The highest BCUT2D eigenvalue weighted by Gasteiger charge is 2.15. The van der Waals surface area contributed by atoms with E-state index < -0.39 is 0 Å². The Labute approximate surface area is 145 Å². The number of carbonyl (C=O) groups excluding carboxylic acids is 1. The molecule has 123 valence electrons. The number of carbonyl (C=O) groups is 1. The van der Waals surface area contributed by atoms with Crippen LogP contribution < -0.4 is 0 Å². The van der Waals surface area contributed by atoms with Crippen molar-refractivity contribution < 1.29 is 9.18 Å². The summed E-state index contributed by atoms with van der Waals surface area (Å²) in [5, 5.41) is 2.13. The van der Waals surface area contributed by atoms with Gasteiger partial charge in [-0.1, -0.05) is 6.07 Å². The zero-order valence-corrected chi connectivity index (χ0v) is 14.1. The number of aromatic nitrogens is 1. The largest absolute Gasteiger partial charge is 0.341 e. The highest BCUT2D eigenvalue weighted by Crippen LogP contribution is 2.30. The Morgan fingerprint density at radius 3 is 2.64 bits per heavy atom. The molecule has 4 rings (SSSR count). The third kappa shape index (κ3) is 2.43. The van der Waals surface area contributed by atoms with Gasteiger partial charge in [-0.25, -0.2) is 4.39 Å². The Kier molecular flexibility index (Phi) is 3.65. The van der Waals surface area contributed by atoms with Crippen LogP contribution in [0.1, 0.15) is 28.4 Å². The smallest absolute Gasteiger partial charge is 0.193 e. The lowest BCUT2D eigenvalue weighted by Crippen LogP contribution is -2.04. The average Bonchev–Trinajstić information content (AvgIpc) is 2.94. The number of ketones is 1. The second-order valence-corrected chi connectivity index (χ2v) is 6.21. The molecule has 2 nitrogen and oxygen atoms in total. The molecule has 25 heavy (non-hydrogen) atoms. The van der Waals surface area contributed by atoms with Crippen molar-refractivity contribution in [3.05, 3.63) is 83.2 Å². The molecule has 0 spiro atoms. The van der Waals surface area contributed by atoms with Crippen LogP contribution in [0.25, 0.3) is 21.8 Å². The Hall–Kier alpha value is -2.94. The van der Waals surface area contributed by atoms with E-state index in [-0.39, 0.29) is 11.6 Å². The van der Waals surface area contributed by atoms with Gasteiger partial charge in [-0.15, -0.1) is 0 Å². The van der Waals surface area contributed by atoms with Crippen LogP contribution in [-0.4, -0.2) is 10.4 Å². The first kappa shape index (κ1) is 15.6. The molecule has 1 heterocycles. The molecule has 0 aliphatic heterocycles. The molecule has 1 radical (unpaired) electrons. The fourth-order valence-electron chi connectivity index (χ4n) is 3.51. The summed E-state index contributed by atoms with van der Waals surface area (Å²) in [7, 11) is 0. The van der Waals surface area contributed by atoms with Crippen molar-refractivity contribution in [2.45, 2.75) is 20.4 Å². The van der Waals surface area contributed by atoms with E-state index in [1.807, 2.05) is 36.4 Å². The topological polar surface area (TPSA) is 22.0 Å². The maximum absolute atomic E-state index is 13.3. The van der Waals surface area contributed by atoms with Crippen LogP contribution in [0, 0.1) is 18.8 Å². The first-order valence-corrected chi connectivity index (χ1v) is 8.33. The molecule has 0 fully saturated rings. The molecule has 3 aromatic carbocycles. The molecule has 0 saturated heterocycles. The van der Waals surface area contributed by atoms with E-state index in [9.17, 15) is 9.18 Å². The molecule has 4 aromatic rings. The minimum absolute atomic E-state index is 0.0864. The number of hydrogen-bond donors (Lipinski definition) is 0. The minimum Gasteiger partial charge on any atom is -0.341 e.